The number of rotatable bonds is 7. The average molecular weight is 425 g/mol. The summed E-state index contributed by atoms with van der Waals surface area (Å²) in [6, 6.07) is 5.01. The second-order valence-corrected chi connectivity index (χ2v) is 7.21. The summed E-state index contributed by atoms with van der Waals surface area (Å²) in [5.74, 6) is 1.40. The number of aliphatic hydroxyl groups is 1. The number of aliphatic imine (C=N–C) groups is 1. The number of nitrogens with one attached hydrogen (secondary N) is 2. The minimum atomic E-state index is -0.778. The molecule has 0 aliphatic rings. The van der Waals surface area contributed by atoms with Gasteiger partial charge < -0.3 is 20.5 Å². The summed E-state index contributed by atoms with van der Waals surface area (Å²) in [5, 5.41) is 17.7. The van der Waals surface area contributed by atoms with Crippen molar-refractivity contribution in [3.8, 4) is 5.75 Å². The molecule has 0 saturated heterocycles. The van der Waals surface area contributed by atoms with Gasteiger partial charge >= 0.3 is 0 Å². The van der Waals surface area contributed by atoms with Crippen LogP contribution in [0.3, 0.4) is 0 Å². The van der Waals surface area contributed by atoms with E-state index < -0.39 is 6.10 Å². The number of pyridine rings is 1. The van der Waals surface area contributed by atoms with Crippen molar-refractivity contribution in [3.05, 3.63) is 56.8 Å². The molecule has 3 N–H and O–H groups in total. The molecule has 2 rings (SSSR count). The molecule has 8 heteroatoms. The third kappa shape index (κ3) is 5.99. The molecule has 0 fully saturated rings. The first-order valence-corrected chi connectivity index (χ1v) is 9.76. The van der Waals surface area contributed by atoms with Gasteiger partial charge in [-0.25, -0.2) is 4.99 Å². The number of aromatic nitrogens is 1. The fraction of sp³-hybridized carbons (Fsp3) is 0.400. The first-order valence-electron chi connectivity index (χ1n) is 9.01. The van der Waals surface area contributed by atoms with E-state index >= 15 is 0 Å². The normalized spacial score (nSPS) is 12.6. The zero-order valence-electron chi connectivity index (χ0n) is 16.5. The van der Waals surface area contributed by atoms with Crippen LogP contribution in [0.25, 0.3) is 0 Å². The summed E-state index contributed by atoms with van der Waals surface area (Å²) in [6.07, 6.45) is 1.00. The van der Waals surface area contributed by atoms with Crippen LogP contribution in [-0.4, -0.2) is 36.2 Å². The predicted molar refractivity (Wildman–Crippen MR) is 115 cm³/mol. The lowest BCUT2D eigenvalue weighted by atomic mass is 10.1. The molecule has 1 heterocycles. The molecule has 0 aliphatic heterocycles. The summed E-state index contributed by atoms with van der Waals surface area (Å²) in [4.78, 5) is 9.02. The van der Waals surface area contributed by atoms with E-state index in [0.717, 1.165) is 22.6 Å². The van der Waals surface area contributed by atoms with E-state index in [1.165, 1.54) is 0 Å². The number of nitrogens with zero attached hydrogens (tertiary/aromatic N) is 2. The molecule has 152 valence electrons. The van der Waals surface area contributed by atoms with Crippen LogP contribution in [0.5, 0.6) is 5.75 Å². The molecule has 2 aromatic rings. The number of ether oxygens (including phenoxy) is 1. The number of aryl methyl sites for hydroxylation is 1. The summed E-state index contributed by atoms with van der Waals surface area (Å²) < 4.78 is 5.44. The Balaban J connectivity index is 2.08. The average Bonchev–Trinajstić information content (AvgIpc) is 2.64. The first kappa shape index (κ1) is 22.3. The first-order chi connectivity index (χ1) is 13.3. The Morgan fingerprint density at radius 1 is 1.21 bits per heavy atom. The molecule has 0 aliphatic carbocycles. The number of methoxy groups -OCH3 is 1. The number of hydrogen-bond acceptors (Lipinski definition) is 4. The van der Waals surface area contributed by atoms with Crippen molar-refractivity contribution in [1.29, 1.82) is 0 Å². The van der Waals surface area contributed by atoms with Crippen LogP contribution in [0.15, 0.2) is 29.4 Å². The summed E-state index contributed by atoms with van der Waals surface area (Å²) in [7, 11) is 1.65. The predicted octanol–water partition coefficient (Wildman–Crippen LogP) is 3.80. The third-order valence-electron chi connectivity index (χ3n) is 4.21. The van der Waals surface area contributed by atoms with Crippen LogP contribution < -0.4 is 15.4 Å². The Hall–Kier alpha value is -2.02. The maximum atomic E-state index is 10.4. The fourth-order valence-electron chi connectivity index (χ4n) is 2.80. The minimum Gasteiger partial charge on any atom is -0.496 e. The Kier molecular flexibility index (Phi) is 8.35. The highest BCUT2D eigenvalue weighted by Gasteiger charge is 2.12. The van der Waals surface area contributed by atoms with Gasteiger partial charge in [-0.3, -0.25) is 4.98 Å². The van der Waals surface area contributed by atoms with Crippen LogP contribution in [0, 0.1) is 13.8 Å². The van der Waals surface area contributed by atoms with Crippen LogP contribution in [-0.2, 0) is 6.54 Å². The van der Waals surface area contributed by atoms with Crippen molar-refractivity contribution in [2.45, 2.75) is 33.4 Å². The fourth-order valence-corrected chi connectivity index (χ4v) is 3.35. The number of aliphatic hydroxyl groups excluding tert-OH is 1. The topological polar surface area (TPSA) is 78.8 Å². The Morgan fingerprint density at radius 2 is 1.89 bits per heavy atom. The second kappa shape index (κ2) is 10.5. The molecule has 1 aromatic carbocycles. The number of guanidine groups is 1. The lowest BCUT2D eigenvalue weighted by molar-refractivity contribution is 0.181. The molecular weight excluding hydrogens is 399 g/mol. The Morgan fingerprint density at radius 3 is 2.50 bits per heavy atom. The lowest BCUT2D eigenvalue weighted by Crippen LogP contribution is -2.39. The number of benzene rings is 1. The van der Waals surface area contributed by atoms with Gasteiger partial charge in [-0.2, -0.15) is 0 Å². The van der Waals surface area contributed by atoms with E-state index in [0.29, 0.717) is 34.7 Å². The SMILES string of the molecule is CCNC(=NCc1ncc(C)c(OC)c1C)NCC(O)c1cc(Cl)cc(Cl)c1. The van der Waals surface area contributed by atoms with E-state index in [1.807, 2.05) is 20.8 Å². The monoisotopic (exact) mass is 424 g/mol. The second-order valence-electron chi connectivity index (χ2n) is 6.34. The summed E-state index contributed by atoms with van der Waals surface area (Å²) >= 11 is 12.0. The maximum Gasteiger partial charge on any atom is 0.191 e. The summed E-state index contributed by atoms with van der Waals surface area (Å²) in [5.41, 5.74) is 3.43. The van der Waals surface area contributed by atoms with Gasteiger partial charge in [0, 0.05) is 40.5 Å². The van der Waals surface area contributed by atoms with Crippen molar-refractivity contribution in [2.75, 3.05) is 20.2 Å². The zero-order valence-corrected chi connectivity index (χ0v) is 18.0. The third-order valence-corrected chi connectivity index (χ3v) is 4.65. The molecule has 28 heavy (non-hydrogen) atoms. The van der Waals surface area contributed by atoms with Gasteiger partial charge in [0.05, 0.1) is 25.5 Å². The van der Waals surface area contributed by atoms with Crippen molar-refractivity contribution >= 4 is 29.2 Å². The zero-order chi connectivity index (χ0) is 20.7. The van der Waals surface area contributed by atoms with E-state index in [2.05, 4.69) is 20.6 Å². The highest BCUT2D eigenvalue weighted by atomic mass is 35.5. The number of hydrogen-bond donors (Lipinski definition) is 3. The van der Waals surface area contributed by atoms with Gasteiger partial charge in [-0.1, -0.05) is 23.2 Å². The van der Waals surface area contributed by atoms with Crippen molar-refractivity contribution in [2.24, 2.45) is 4.99 Å². The summed E-state index contributed by atoms with van der Waals surface area (Å²) in [6.45, 7) is 7.23. The van der Waals surface area contributed by atoms with Crippen LogP contribution >= 0.6 is 23.2 Å². The van der Waals surface area contributed by atoms with Gasteiger partial charge in [0.25, 0.3) is 0 Å². The molecule has 0 amide bonds. The lowest BCUT2D eigenvalue weighted by Gasteiger charge is -2.16. The molecule has 0 radical (unpaired) electrons. The molecule has 0 spiro atoms. The molecule has 1 aromatic heterocycles. The number of halogens is 2. The van der Waals surface area contributed by atoms with Crippen LogP contribution in [0.2, 0.25) is 10.0 Å². The quantitative estimate of drug-likeness (QED) is 0.465. The Bertz CT molecular complexity index is 823. The van der Waals surface area contributed by atoms with E-state index in [1.54, 1.807) is 31.5 Å². The molecular formula is C20H26Cl2N4O2. The molecule has 0 saturated carbocycles. The van der Waals surface area contributed by atoms with Crippen LogP contribution in [0.1, 0.15) is 35.4 Å². The standard InChI is InChI=1S/C20H26Cl2N4O2/c1-5-23-20(25-10-17-13(3)19(28-4)12(2)9-24-17)26-11-18(27)14-6-15(21)8-16(22)7-14/h6-9,18,27H,5,10-11H2,1-4H3,(H2,23,25,26). The van der Waals surface area contributed by atoms with Gasteiger partial charge in [0.15, 0.2) is 5.96 Å². The van der Waals surface area contributed by atoms with Crippen LogP contribution in [0.4, 0.5) is 0 Å². The van der Waals surface area contributed by atoms with E-state index in [9.17, 15) is 5.11 Å². The van der Waals surface area contributed by atoms with Crippen molar-refractivity contribution in [3.63, 3.8) is 0 Å². The molecule has 1 atom stereocenters. The molecule has 6 nitrogen and oxygen atoms in total. The molecule has 1 unspecified atom stereocenters. The van der Waals surface area contributed by atoms with E-state index in [4.69, 9.17) is 27.9 Å². The van der Waals surface area contributed by atoms with Gasteiger partial charge in [-0.05, 0) is 44.5 Å². The van der Waals surface area contributed by atoms with Gasteiger partial charge in [0.2, 0.25) is 0 Å². The largest absolute Gasteiger partial charge is 0.496 e. The van der Waals surface area contributed by atoms with Crippen molar-refractivity contribution in [1.82, 2.24) is 15.6 Å². The maximum absolute atomic E-state index is 10.4. The minimum absolute atomic E-state index is 0.256. The van der Waals surface area contributed by atoms with Crippen molar-refractivity contribution < 1.29 is 9.84 Å². The molecule has 0 bridgehead atoms. The van der Waals surface area contributed by atoms with Gasteiger partial charge in [-0.15, -0.1) is 0 Å². The highest BCUT2D eigenvalue weighted by molar-refractivity contribution is 6.34. The Labute approximate surface area is 176 Å². The highest BCUT2D eigenvalue weighted by Crippen LogP contribution is 2.25. The smallest absolute Gasteiger partial charge is 0.191 e. The van der Waals surface area contributed by atoms with E-state index in [-0.39, 0.29) is 6.54 Å². The van der Waals surface area contributed by atoms with Gasteiger partial charge in [0.1, 0.15) is 5.75 Å².